The number of nitrogens with two attached hydrogens (primary N) is 1. The van der Waals surface area contributed by atoms with Crippen LogP contribution in [0.5, 0.6) is 0 Å². The maximum atomic E-state index is 15.2. The predicted octanol–water partition coefficient (Wildman–Crippen LogP) is 9.25. The summed E-state index contributed by atoms with van der Waals surface area (Å²) in [6, 6.07) is 13.9. The zero-order chi connectivity index (χ0) is 30.6. The summed E-state index contributed by atoms with van der Waals surface area (Å²) in [5.74, 6) is -3.46. The third kappa shape index (κ3) is 9.46. The van der Waals surface area contributed by atoms with E-state index in [1.54, 1.807) is 24.3 Å². The molecule has 4 rings (SSSR count). The predicted molar refractivity (Wildman–Crippen MR) is 176 cm³/mol. The Morgan fingerprint density at radius 2 is 1.61 bits per heavy atom. The van der Waals surface area contributed by atoms with Crippen LogP contribution in [-0.4, -0.2) is 49.6 Å². The molecule has 230 valence electrons. The van der Waals surface area contributed by atoms with Crippen molar-refractivity contribution in [2.24, 2.45) is 0 Å². The monoisotopic (exact) mass is 570 g/mol. The summed E-state index contributed by atoms with van der Waals surface area (Å²) in [6.45, 7) is 22.2. The van der Waals surface area contributed by atoms with Crippen molar-refractivity contribution in [2.75, 3.05) is 48.3 Å². The van der Waals surface area contributed by atoms with E-state index in [4.69, 9.17) is 5.73 Å². The molecule has 2 aliphatic rings. The number of likely N-dealkylation sites (tertiary alicyclic amines) is 1. The zero-order valence-electron chi connectivity index (χ0n) is 26.9. The molecule has 2 fully saturated rings. The van der Waals surface area contributed by atoms with Crippen molar-refractivity contribution in [3.05, 3.63) is 65.9 Å². The fraction of sp³-hybridized carbons (Fsp3) is 0.600. The Morgan fingerprint density at radius 1 is 1.00 bits per heavy atom. The number of unbranched alkanes of at least 4 members (excludes halogenated alkanes) is 1. The maximum absolute atomic E-state index is 15.2. The highest BCUT2D eigenvalue weighted by atomic mass is 19.3. The average Bonchev–Trinajstić information content (AvgIpc) is 2.95. The molecule has 2 aromatic carbocycles. The number of aryl methyl sites for hydroxylation is 1. The van der Waals surface area contributed by atoms with Gasteiger partial charge in [0.05, 0.1) is 12.5 Å². The minimum absolute atomic E-state index is 0.158. The molecule has 0 bridgehead atoms. The number of benzene rings is 2. The Labute approximate surface area is 249 Å². The lowest BCUT2D eigenvalue weighted by molar-refractivity contribution is -0.0946. The number of nitrogens with zero attached hydrogens (tertiary/aromatic N) is 3. The van der Waals surface area contributed by atoms with Gasteiger partial charge in [-0.3, -0.25) is 4.90 Å². The van der Waals surface area contributed by atoms with Crippen LogP contribution in [0.1, 0.15) is 97.1 Å². The quantitative estimate of drug-likeness (QED) is 0.321. The van der Waals surface area contributed by atoms with Gasteiger partial charge in [-0.1, -0.05) is 66.2 Å². The molecule has 0 amide bonds. The number of alkyl halides is 2. The van der Waals surface area contributed by atoms with Crippen molar-refractivity contribution in [3.63, 3.8) is 0 Å². The Hall–Kier alpha value is -2.60. The molecular formula is C35H56F2N4. The molecule has 2 saturated heterocycles. The summed E-state index contributed by atoms with van der Waals surface area (Å²) >= 11 is 0. The minimum Gasteiger partial charge on any atom is -0.399 e. The molecule has 0 aliphatic carbocycles. The van der Waals surface area contributed by atoms with Gasteiger partial charge in [0.15, 0.2) is 0 Å². The van der Waals surface area contributed by atoms with Crippen LogP contribution in [0.3, 0.4) is 0 Å². The van der Waals surface area contributed by atoms with Crippen LogP contribution in [0.2, 0.25) is 0 Å². The summed E-state index contributed by atoms with van der Waals surface area (Å²) < 4.78 is 30.4. The first kappa shape index (κ1) is 34.6. The number of nitrogen functional groups attached to an aromatic ring is 1. The minimum atomic E-state index is -2.73. The van der Waals surface area contributed by atoms with E-state index < -0.39 is 11.8 Å². The first-order valence-electron chi connectivity index (χ1n) is 15.9. The van der Waals surface area contributed by atoms with Gasteiger partial charge in [-0.15, -0.1) is 0 Å². The van der Waals surface area contributed by atoms with Gasteiger partial charge in [0, 0.05) is 48.4 Å². The molecule has 2 aliphatic heterocycles. The molecule has 0 aromatic heterocycles. The van der Waals surface area contributed by atoms with Gasteiger partial charge in [0.25, 0.3) is 5.92 Å². The molecule has 0 radical (unpaired) electrons. The molecule has 41 heavy (non-hydrogen) atoms. The molecule has 2 heterocycles. The van der Waals surface area contributed by atoms with Crippen LogP contribution < -0.4 is 15.5 Å². The first-order chi connectivity index (χ1) is 19.6. The van der Waals surface area contributed by atoms with Gasteiger partial charge in [-0.2, -0.15) is 0 Å². The molecule has 2 N–H and O–H groups in total. The summed E-state index contributed by atoms with van der Waals surface area (Å²) in [4.78, 5) is 6.75. The van der Waals surface area contributed by atoms with Gasteiger partial charge >= 0.3 is 0 Å². The normalized spacial score (nSPS) is 19.0. The van der Waals surface area contributed by atoms with Crippen LogP contribution in [0, 0.1) is 6.92 Å². The van der Waals surface area contributed by atoms with E-state index in [2.05, 4.69) is 69.2 Å². The lowest BCUT2D eigenvalue weighted by atomic mass is 9.85. The SMILES string of the molecule is C=C(C)N(CCCC)c1ccc(N2CCC(N3CC[C@@H](c4ccc(N)cc4)C(F)(F)C3)CC2)cc1C.CC.CCC. The van der Waals surface area contributed by atoms with E-state index in [9.17, 15) is 0 Å². The number of rotatable bonds is 8. The summed E-state index contributed by atoms with van der Waals surface area (Å²) in [5.41, 5.74) is 11.8. The van der Waals surface area contributed by atoms with Crippen LogP contribution in [0.15, 0.2) is 54.7 Å². The molecule has 6 heteroatoms. The molecule has 0 unspecified atom stereocenters. The number of anilines is 3. The molecule has 0 spiro atoms. The van der Waals surface area contributed by atoms with Crippen LogP contribution in [0.25, 0.3) is 0 Å². The lowest BCUT2D eigenvalue weighted by Gasteiger charge is -2.45. The summed E-state index contributed by atoms with van der Waals surface area (Å²) in [5, 5.41) is 0. The molecule has 0 saturated carbocycles. The van der Waals surface area contributed by atoms with Gasteiger partial charge in [-0.05, 0) is 87.5 Å². The van der Waals surface area contributed by atoms with Crippen LogP contribution in [-0.2, 0) is 0 Å². The highest BCUT2D eigenvalue weighted by Crippen LogP contribution is 2.42. The molecule has 1 atom stereocenters. The van der Waals surface area contributed by atoms with E-state index in [1.807, 2.05) is 18.7 Å². The maximum Gasteiger partial charge on any atom is 0.267 e. The topological polar surface area (TPSA) is 35.7 Å². The second kappa shape index (κ2) is 16.7. The van der Waals surface area contributed by atoms with Crippen LogP contribution >= 0.6 is 0 Å². The summed E-state index contributed by atoms with van der Waals surface area (Å²) in [7, 11) is 0. The van der Waals surface area contributed by atoms with Crippen molar-refractivity contribution in [1.29, 1.82) is 0 Å². The lowest BCUT2D eigenvalue weighted by Crippen LogP contribution is -2.54. The highest BCUT2D eigenvalue weighted by Gasteiger charge is 2.46. The molecular weight excluding hydrogens is 514 g/mol. The fourth-order valence-corrected chi connectivity index (χ4v) is 5.88. The Morgan fingerprint density at radius 3 is 2.12 bits per heavy atom. The third-order valence-electron chi connectivity index (χ3n) is 7.98. The number of piperidine rings is 2. The van der Waals surface area contributed by atoms with E-state index in [-0.39, 0.29) is 12.6 Å². The summed E-state index contributed by atoms with van der Waals surface area (Å²) in [6.07, 6.45) is 5.85. The Kier molecular flexibility index (Phi) is 14.1. The highest BCUT2D eigenvalue weighted by molar-refractivity contribution is 5.63. The first-order valence-corrected chi connectivity index (χ1v) is 15.9. The van der Waals surface area contributed by atoms with Crippen molar-refractivity contribution >= 4 is 17.1 Å². The Balaban J connectivity index is 0.00000110. The molecule has 2 aromatic rings. The fourth-order valence-electron chi connectivity index (χ4n) is 5.88. The van der Waals surface area contributed by atoms with Crippen LogP contribution in [0.4, 0.5) is 25.8 Å². The molecule has 4 nitrogen and oxygen atoms in total. The average molecular weight is 571 g/mol. The van der Waals surface area contributed by atoms with E-state index in [0.29, 0.717) is 17.7 Å². The number of allylic oxidation sites excluding steroid dienone is 1. The number of hydrogen-bond donors (Lipinski definition) is 1. The standard InChI is InChI=1S/C30H42F2N4.C3H8.C2H6/c1-5-6-16-36(22(2)3)29-12-11-27(20-23(29)4)34-17-13-26(14-18-34)35-19-15-28(30(31,32)21-35)24-7-9-25(33)10-8-24;1-3-2;1-2/h7-12,20,26,28H,2,5-6,13-19,21,33H2,1,3-4H3;3H2,1-2H3;1-2H3/t28-;;/m0../s1. The van der Waals surface area contributed by atoms with Crippen molar-refractivity contribution in [3.8, 4) is 0 Å². The largest absolute Gasteiger partial charge is 0.399 e. The third-order valence-corrected chi connectivity index (χ3v) is 7.98. The van der Waals surface area contributed by atoms with Gasteiger partial charge < -0.3 is 15.5 Å². The van der Waals surface area contributed by atoms with E-state index >= 15 is 8.78 Å². The van der Waals surface area contributed by atoms with Crippen molar-refractivity contribution < 1.29 is 8.78 Å². The second-order valence-electron chi connectivity index (χ2n) is 11.4. The van der Waals surface area contributed by atoms with Gasteiger partial charge in [0.1, 0.15) is 0 Å². The Bertz CT molecular complexity index is 1040. The van der Waals surface area contributed by atoms with E-state index in [0.717, 1.165) is 57.6 Å². The smallest absolute Gasteiger partial charge is 0.267 e. The van der Waals surface area contributed by atoms with Crippen molar-refractivity contribution in [1.82, 2.24) is 4.90 Å². The number of hydrogen-bond acceptors (Lipinski definition) is 4. The number of halogens is 2. The van der Waals surface area contributed by atoms with E-state index in [1.165, 1.54) is 23.4 Å². The van der Waals surface area contributed by atoms with Gasteiger partial charge in [-0.25, -0.2) is 8.78 Å². The second-order valence-corrected chi connectivity index (χ2v) is 11.4. The van der Waals surface area contributed by atoms with Crippen molar-refractivity contribution in [2.45, 2.75) is 105 Å². The zero-order valence-corrected chi connectivity index (χ0v) is 26.9. The van der Waals surface area contributed by atoms with Gasteiger partial charge in [0.2, 0.25) is 0 Å².